The highest BCUT2D eigenvalue weighted by Gasteiger charge is 2.51. The Morgan fingerprint density at radius 1 is 1.10 bits per heavy atom. The van der Waals surface area contributed by atoms with Crippen LogP contribution in [0.5, 0.6) is 5.75 Å². The molecule has 4 atom stereocenters. The molecule has 1 aromatic carbocycles. The second-order valence-corrected chi connectivity index (χ2v) is 10.2. The fourth-order valence-electron chi connectivity index (χ4n) is 5.34. The van der Waals surface area contributed by atoms with E-state index in [9.17, 15) is 27.6 Å². The third kappa shape index (κ3) is 5.70. The summed E-state index contributed by atoms with van der Waals surface area (Å²) in [5, 5.41) is 2.50. The van der Waals surface area contributed by atoms with E-state index in [-0.39, 0.29) is 29.6 Å². The van der Waals surface area contributed by atoms with Crippen LogP contribution in [0, 0.1) is 18.8 Å². The highest BCUT2D eigenvalue weighted by Crippen LogP contribution is 2.41. The van der Waals surface area contributed by atoms with E-state index in [4.69, 9.17) is 4.74 Å². The molecule has 0 spiro atoms. The minimum absolute atomic E-state index is 0.00157. The number of nitrogens with zero attached hydrogens (tertiary/aromatic N) is 2. The van der Waals surface area contributed by atoms with E-state index >= 15 is 8.78 Å². The van der Waals surface area contributed by atoms with Crippen LogP contribution in [0.3, 0.4) is 0 Å². The van der Waals surface area contributed by atoms with E-state index in [1.807, 2.05) is 0 Å². The number of pyridine rings is 1. The molecule has 3 unspecified atom stereocenters. The van der Waals surface area contributed by atoms with Crippen molar-refractivity contribution in [1.29, 1.82) is 0 Å². The zero-order valence-electron chi connectivity index (χ0n) is 22.0. The lowest BCUT2D eigenvalue weighted by molar-refractivity contribution is -0.274. The van der Waals surface area contributed by atoms with Crippen LogP contribution in [0.15, 0.2) is 65.1 Å². The average Bonchev–Trinajstić information content (AvgIpc) is 3.69. The van der Waals surface area contributed by atoms with Gasteiger partial charge in [-0.05, 0) is 61.7 Å². The SMILES string of the molecule is COC1=CC(F)C([C@@H]2CN(c3c(C)ccn(C4CC4)c3=O)C(=O)C2NC(=O)c2ccc(OC(F)(F)F)cc2)C(F)=C1. The molecule has 2 heterocycles. The van der Waals surface area contributed by atoms with Crippen LogP contribution in [-0.2, 0) is 9.53 Å². The first-order valence-corrected chi connectivity index (χ1v) is 12.8. The number of benzene rings is 1. The quantitative estimate of drug-likeness (QED) is 0.488. The van der Waals surface area contributed by atoms with E-state index in [0.29, 0.717) is 5.56 Å². The topological polar surface area (TPSA) is 89.9 Å². The number of nitrogens with one attached hydrogen (secondary N) is 1. The maximum atomic E-state index is 15.3. The summed E-state index contributed by atoms with van der Waals surface area (Å²) in [6.07, 6.45) is -1.53. The summed E-state index contributed by atoms with van der Waals surface area (Å²) in [6.45, 7) is 1.37. The fourth-order valence-corrected chi connectivity index (χ4v) is 5.34. The molecule has 2 aromatic rings. The molecule has 2 fully saturated rings. The zero-order chi connectivity index (χ0) is 29.6. The number of rotatable bonds is 7. The van der Waals surface area contributed by atoms with Gasteiger partial charge in [-0.1, -0.05) is 0 Å². The number of anilines is 1. The summed E-state index contributed by atoms with van der Waals surface area (Å²) in [7, 11) is 1.25. The number of halogens is 5. The number of aromatic nitrogens is 1. The van der Waals surface area contributed by atoms with Crippen LogP contribution >= 0.6 is 0 Å². The number of carbonyl (C=O) groups is 2. The minimum Gasteiger partial charge on any atom is -0.497 e. The monoisotopic (exact) mass is 579 g/mol. The second-order valence-electron chi connectivity index (χ2n) is 10.2. The van der Waals surface area contributed by atoms with Gasteiger partial charge in [0.2, 0.25) is 5.91 Å². The molecule has 1 saturated heterocycles. The molecule has 0 radical (unpaired) electrons. The van der Waals surface area contributed by atoms with Gasteiger partial charge in [0.05, 0.1) is 13.0 Å². The van der Waals surface area contributed by atoms with Crippen LogP contribution in [0.1, 0.15) is 34.8 Å². The predicted molar refractivity (Wildman–Crippen MR) is 137 cm³/mol. The van der Waals surface area contributed by atoms with Gasteiger partial charge in [0.25, 0.3) is 11.5 Å². The lowest BCUT2D eigenvalue weighted by atomic mass is 9.81. The van der Waals surface area contributed by atoms with Crippen molar-refractivity contribution >= 4 is 17.5 Å². The Labute approximate surface area is 231 Å². The predicted octanol–water partition coefficient (Wildman–Crippen LogP) is 4.50. The lowest BCUT2D eigenvalue weighted by Crippen LogP contribution is -2.47. The van der Waals surface area contributed by atoms with Gasteiger partial charge >= 0.3 is 6.36 Å². The van der Waals surface area contributed by atoms with Gasteiger partial charge in [-0.25, -0.2) is 8.78 Å². The number of aryl methyl sites for hydroxylation is 1. The van der Waals surface area contributed by atoms with Crippen LogP contribution in [-0.4, -0.2) is 48.6 Å². The van der Waals surface area contributed by atoms with Crippen LogP contribution < -0.4 is 20.5 Å². The fraction of sp³-hybridized carbons (Fsp3) is 0.393. The summed E-state index contributed by atoms with van der Waals surface area (Å²) >= 11 is 0. The average molecular weight is 580 g/mol. The number of hydrogen-bond acceptors (Lipinski definition) is 5. The van der Waals surface area contributed by atoms with Crippen molar-refractivity contribution in [1.82, 2.24) is 9.88 Å². The first-order chi connectivity index (χ1) is 19.4. The van der Waals surface area contributed by atoms with Gasteiger partial charge < -0.3 is 24.3 Å². The number of methoxy groups -OCH3 is 1. The van der Waals surface area contributed by atoms with Crippen molar-refractivity contribution < 1.29 is 41.0 Å². The summed E-state index contributed by atoms with van der Waals surface area (Å²) in [6, 6.07) is 4.20. The van der Waals surface area contributed by atoms with Crippen molar-refractivity contribution in [2.45, 2.75) is 44.4 Å². The molecule has 3 aliphatic rings. The highest BCUT2D eigenvalue weighted by molar-refractivity contribution is 6.04. The molecule has 218 valence electrons. The Morgan fingerprint density at radius 2 is 1.78 bits per heavy atom. The second kappa shape index (κ2) is 10.7. The molecule has 0 bridgehead atoms. The van der Waals surface area contributed by atoms with Gasteiger partial charge in [-0.3, -0.25) is 14.4 Å². The van der Waals surface area contributed by atoms with Crippen LogP contribution in [0.4, 0.5) is 27.6 Å². The van der Waals surface area contributed by atoms with E-state index in [1.54, 1.807) is 19.2 Å². The van der Waals surface area contributed by atoms with Gasteiger partial charge in [-0.15, -0.1) is 13.2 Å². The summed E-state index contributed by atoms with van der Waals surface area (Å²) in [5.41, 5.74) is -0.00726. The van der Waals surface area contributed by atoms with Crippen molar-refractivity contribution in [3.63, 3.8) is 0 Å². The Hall–Kier alpha value is -4.16. The number of hydrogen-bond donors (Lipinski definition) is 1. The molecular formula is C28H26F5N3O5. The molecule has 1 aliphatic heterocycles. The third-order valence-electron chi connectivity index (χ3n) is 7.46. The zero-order valence-corrected chi connectivity index (χ0v) is 22.0. The molecule has 1 aromatic heterocycles. The van der Waals surface area contributed by atoms with Gasteiger partial charge in [0.1, 0.15) is 35.2 Å². The highest BCUT2D eigenvalue weighted by atomic mass is 19.4. The van der Waals surface area contributed by atoms with E-state index < -0.39 is 59.4 Å². The molecule has 2 amide bonds. The third-order valence-corrected chi connectivity index (χ3v) is 7.46. The molecule has 1 N–H and O–H groups in total. The van der Waals surface area contributed by atoms with E-state index in [2.05, 4.69) is 10.1 Å². The number of amides is 2. The largest absolute Gasteiger partial charge is 0.573 e. The van der Waals surface area contributed by atoms with Crippen molar-refractivity contribution in [2.75, 3.05) is 18.6 Å². The molecule has 1 saturated carbocycles. The molecule has 41 heavy (non-hydrogen) atoms. The molecule has 5 rings (SSSR count). The Bertz CT molecular complexity index is 1480. The first-order valence-electron chi connectivity index (χ1n) is 12.8. The summed E-state index contributed by atoms with van der Waals surface area (Å²) < 4.78 is 78.4. The van der Waals surface area contributed by atoms with Crippen LogP contribution in [0.2, 0.25) is 0 Å². The van der Waals surface area contributed by atoms with E-state index in [1.165, 1.54) is 11.7 Å². The van der Waals surface area contributed by atoms with Crippen molar-refractivity contribution in [3.8, 4) is 5.75 Å². The molecule has 8 nitrogen and oxygen atoms in total. The van der Waals surface area contributed by atoms with E-state index in [0.717, 1.165) is 54.2 Å². The summed E-state index contributed by atoms with van der Waals surface area (Å²) in [4.78, 5) is 41.4. The Balaban J connectivity index is 1.48. The van der Waals surface area contributed by atoms with Gasteiger partial charge in [-0.2, -0.15) is 0 Å². The smallest absolute Gasteiger partial charge is 0.497 e. The standard InChI is InChI=1S/C28H26F5N3O5/c1-14-9-10-35(16-5-6-16)27(39)24(14)36-13-19(22-20(29)11-18(40-2)12-21(22)30)23(26(36)38)34-25(37)15-3-7-17(8-4-15)41-28(31,32)33/h3-4,7-12,16,19-20,22-23H,5-6,13H2,1-2H3,(H,34,37)/t19-,20?,22?,23?/m0/s1. The van der Waals surface area contributed by atoms with Crippen molar-refractivity contribution in [2.24, 2.45) is 11.8 Å². The van der Waals surface area contributed by atoms with Gasteiger partial charge in [0, 0.05) is 36.3 Å². The van der Waals surface area contributed by atoms with Gasteiger partial charge in [0.15, 0.2) is 0 Å². The normalized spacial score (nSPS) is 24.6. The molecule has 2 aliphatic carbocycles. The Kier molecular flexibility index (Phi) is 7.39. The lowest BCUT2D eigenvalue weighted by Gasteiger charge is -2.30. The van der Waals surface area contributed by atoms with Crippen molar-refractivity contribution in [3.05, 3.63) is 81.7 Å². The maximum Gasteiger partial charge on any atom is 0.573 e. The molecular weight excluding hydrogens is 553 g/mol. The number of alkyl halides is 4. The Morgan fingerprint density at radius 3 is 2.37 bits per heavy atom. The minimum atomic E-state index is -4.93. The van der Waals surface area contributed by atoms with Crippen LogP contribution in [0.25, 0.3) is 0 Å². The molecule has 13 heteroatoms. The number of ether oxygens (including phenoxy) is 2. The summed E-state index contributed by atoms with van der Waals surface area (Å²) in [5.74, 6) is -5.73. The maximum absolute atomic E-state index is 15.3. The number of carbonyl (C=O) groups excluding carboxylic acids is 2. The first kappa shape index (κ1) is 28.4. The number of allylic oxidation sites excluding steroid dienone is 3.